The summed E-state index contributed by atoms with van der Waals surface area (Å²) in [6, 6.07) is 8.45. The second-order valence-corrected chi connectivity index (χ2v) is 4.73. The predicted octanol–water partition coefficient (Wildman–Crippen LogP) is 3.83. The van der Waals surface area contributed by atoms with Gasteiger partial charge in [-0.3, -0.25) is 4.57 Å². The van der Waals surface area contributed by atoms with E-state index in [9.17, 15) is 0 Å². The quantitative estimate of drug-likeness (QED) is 0.821. The van der Waals surface area contributed by atoms with Gasteiger partial charge < -0.3 is 0 Å². The SMILES string of the molecule is CCCc1ccc(-n2c(Cl)nnc2CCC)cc1. The summed E-state index contributed by atoms with van der Waals surface area (Å²) in [5.74, 6) is 0.922. The zero-order valence-electron chi connectivity index (χ0n) is 10.9. The zero-order valence-corrected chi connectivity index (χ0v) is 11.6. The van der Waals surface area contributed by atoms with Gasteiger partial charge in [-0.25, -0.2) is 0 Å². The summed E-state index contributed by atoms with van der Waals surface area (Å²) in [7, 11) is 0. The van der Waals surface area contributed by atoms with Crippen molar-refractivity contribution in [3.63, 3.8) is 0 Å². The molecular weight excluding hydrogens is 246 g/mol. The molecule has 0 saturated heterocycles. The lowest BCUT2D eigenvalue weighted by Crippen LogP contribution is -2.01. The Balaban J connectivity index is 2.32. The highest BCUT2D eigenvalue weighted by molar-refractivity contribution is 6.28. The lowest BCUT2D eigenvalue weighted by atomic mass is 10.1. The van der Waals surface area contributed by atoms with Crippen LogP contribution in [0.5, 0.6) is 0 Å². The number of halogens is 1. The van der Waals surface area contributed by atoms with Crippen LogP contribution in [0.1, 0.15) is 38.1 Å². The molecule has 96 valence electrons. The fourth-order valence-corrected chi connectivity index (χ4v) is 2.27. The van der Waals surface area contributed by atoms with Gasteiger partial charge >= 0.3 is 0 Å². The Labute approximate surface area is 113 Å². The van der Waals surface area contributed by atoms with E-state index in [2.05, 4.69) is 48.3 Å². The normalized spacial score (nSPS) is 10.8. The van der Waals surface area contributed by atoms with Crippen LogP contribution >= 0.6 is 11.6 Å². The van der Waals surface area contributed by atoms with Crippen LogP contribution in [0.3, 0.4) is 0 Å². The van der Waals surface area contributed by atoms with Crippen LogP contribution in [0.2, 0.25) is 5.28 Å². The Morgan fingerprint density at radius 2 is 1.67 bits per heavy atom. The van der Waals surface area contributed by atoms with Crippen LogP contribution in [0.15, 0.2) is 24.3 Å². The zero-order chi connectivity index (χ0) is 13.0. The van der Waals surface area contributed by atoms with E-state index in [0.29, 0.717) is 5.28 Å². The molecule has 0 fully saturated rings. The van der Waals surface area contributed by atoms with Crippen molar-refractivity contribution >= 4 is 11.6 Å². The summed E-state index contributed by atoms with van der Waals surface area (Å²) in [5, 5.41) is 8.50. The minimum Gasteiger partial charge on any atom is -0.270 e. The van der Waals surface area contributed by atoms with Gasteiger partial charge in [0.1, 0.15) is 5.82 Å². The second-order valence-electron chi connectivity index (χ2n) is 4.39. The van der Waals surface area contributed by atoms with Crippen molar-refractivity contribution in [3.8, 4) is 5.69 Å². The molecule has 0 atom stereocenters. The molecule has 0 spiro atoms. The first kappa shape index (κ1) is 13.1. The number of aromatic nitrogens is 3. The third kappa shape index (κ3) is 2.72. The average molecular weight is 264 g/mol. The Bertz CT molecular complexity index is 502. The number of rotatable bonds is 5. The van der Waals surface area contributed by atoms with Gasteiger partial charge in [0.15, 0.2) is 0 Å². The Hall–Kier alpha value is -1.35. The molecule has 0 unspecified atom stereocenters. The molecule has 0 bridgehead atoms. The van der Waals surface area contributed by atoms with Gasteiger partial charge in [0.25, 0.3) is 0 Å². The maximum absolute atomic E-state index is 6.11. The van der Waals surface area contributed by atoms with Gasteiger partial charge in [0.2, 0.25) is 5.28 Å². The van der Waals surface area contributed by atoms with Crippen molar-refractivity contribution in [2.45, 2.75) is 39.5 Å². The van der Waals surface area contributed by atoms with Crippen LogP contribution in [0, 0.1) is 0 Å². The first-order valence-electron chi connectivity index (χ1n) is 6.45. The van der Waals surface area contributed by atoms with E-state index in [-0.39, 0.29) is 0 Å². The molecule has 1 aromatic heterocycles. The van der Waals surface area contributed by atoms with Gasteiger partial charge in [0.05, 0.1) is 0 Å². The molecule has 0 aliphatic rings. The molecule has 4 heteroatoms. The third-order valence-corrected chi connectivity index (χ3v) is 3.14. The van der Waals surface area contributed by atoms with Gasteiger partial charge in [-0.2, -0.15) is 0 Å². The molecule has 0 saturated carbocycles. The molecule has 1 heterocycles. The summed E-state index contributed by atoms with van der Waals surface area (Å²) in [6.07, 6.45) is 4.19. The molecule has 0 amide bonds. The molecule has 0 aliphatic carbocycles. The van der Waals surface area contributed by atoms with Gasteiger partial charge in [-0.05, 0) is 42.1 Å². The largest absolute Gasteiger partial charge is 0.270 e. The predicted molar refractivity (Wildman–Crippen MR) is 74.4 cm³/mol. The Morgan fingerprint density at radius 3 is 2.28 bits per heavy atom. The molecule has 0 N–H and O–H groups in total. The number of hydrogen-bond donors (Lipinski definition) is 0. The van der Waals surface area contributed by atoms with E-state index >= 15 is 0 Å². The highest BCUT2D eigenvalue weighted by atomic mass is 35.5. The summed E-state index contributed by atoms with van der Waals surface area (Å²) in [5.41, 5.74) is 2.38. The highest BCUT2D eigenvalue weighted by Gasteiger charge is 2.11. The molecule has 0 radical (unpaired) electrons. The molecule has 2 aromatic rings. The minimum absolute atomic E-state index is 0.432. The lowest BCUT2D eigenvalue weighted by Gasteiger charge is -2.08. The molecule has 0 aliphatic heterocycles. The standard InChI is InChI=1S/C14H18ClN3/c1-3-5-11-7-9-12(10-8-11)18-13(6-4-2)16-17-14(18)15/h7-10H,3-6H2,1-2H3. The van der Waals surface area contributed by atoms with Crippen molar-refractivity contribution in [3.05, 3.63) is 40.9 Å². The van der Waals surface area contributed by atoms with Crippen molar-refractivity contribution in [2.24, 2.45) is 0 Å². The van der Waals surface area contributed by atoms with Gasteiger partial charge in [-0.1, -0.05) is 32.4 Å². The highest BCUT2D eigenvalue weighted by Crippen LogP contribution is 2.19. The summed E-state index contributed by atoms with van der Waals surface area (Å²) >= 11 is 6.11. The molecule has 1 aromatic carbocycles. The monoisotopic (exact) mass is 263 g/mol. The van der Waals surface area contributed by atoms with Gasteiger partial charge in [0, 0.05) is 12.1 Å². The van der Waals surface area contributed by atoms with Crippen LogP contribution in [-0.4, -0.2) is 14.8 Å². The molecular formula is C14H18ClN3. The maximum atomic E-state index is 6.11. The first-order chi connectivity index (χ1) is 8.76. The van der Waals surface area contributed by atoms with Crippen molar-refractivity contribution < 1.29 is 0 Å². The first-order valence-corrected chi connectivity index (χ1v) is 6.83. The van der Waals surface area contributed by atoms with Crippen molar-refractivity contribution in [1.82, 2.24) is 14.8 Å². The van der Waals surface area contributed by atoms with Crippen LogP contribution in [0.4, 0.5) is 0 Å². The number of nitrogens with zero attached hydrogens (tertiary/aromatic N) is 3. The summed E-state index contributed by atoms with van der Waals surface area (Å²) < 4.78 is 1.92. The lowest BCUT2D eigenvalue weighted by molar-refractivity contribution is 0.802. The van der Waals surface area contributed by atoms with Gasteiger partial charge in [-0.15, -0.1) is 10.2 Å². The summed E-state index contributed by atoms with van der Waals surface area (Å²) in [4.78, 5) is 0. The number of aryl methyl sites for hydroxylation is 2. The van der Waals surface area contributed by atoms with Crippen LogP contribution < -0.4 is 0 Å². The second kappa shape index (κ2) is 6.01. The minimum atomic E-state index is 0.432. The molecule has 2 rings (SSSR count). The Kier molecular flexibility index (Phi) is 4.37. The van der Waals surface area contributed by atoms with Crippen LogP contribution in [-0.2, 0) is 12.8 Å². The average Bonchev–Trinajstić information content (AvgIpc) is 2.73. The van der Waals surface area contributed by atoms with E-state index < -0.39 is 0 Å². The van der Waals surface area contributed by atoms with Crippen molar-refractivity contribution in [2.75, 3.05) is 0 Å². The van der Waals surface area contributed by atoms with Crippen LogP contribution in [0.25, 0.3) is 5.69 Å². The fraction of sp³-hybridized carbons (Fsp3) is 0.429. The van der Waals surface area contributed by atoms with E-state index in [4.69, 9.17) is 11.6 Å². The summed E-state index contributed by atoms with van der Waals surface area (Å²) in [6.45, 7) is 4.31. The molecule has 3 nitrogen and oxygen atoms in total. The molecule has 18 heavy (non-hydrogen) atoms. The maximum Gasteiger partial charge on any atom is 0.229 e. The number of hydrogen-bond acceptors (Lipinski definition) is 2. The third-order valence-electron chi connectivity index (χ3n) is 2.90. The number of benzene rings is 1. The van der Waals surface area contributed by atoms with E-state index in [1.54, 1.807) is 0 Å². The Morgan fingerprint density at radius 1 is 1.00 bits per heavy atom. The smallest absolute Gasteiger partial charge is 0.229 e. The van der Waals surface area contributed by atoms with Crippen molar-refractivity contribution in [1.29, 1.82) is 0 Å². The fourth-order valence-electron chi connectivity index (χ4n) is 2.04. The van der Waals surface area contributed by atoms with E-state index in [1.165, 1.54) is 5.56 Å². The van der Waals surface area contributed by atoms with E-state index in [1.807, 2.05) is 4.57 Å². The van der Waals surface area contributed by atoms with E-state index in [0.717, 1.165) is 37.2 Å². The topological polar surface area (TPSA) is 30.7 Å².